The third-order valence-corrected chi connectivity index (χ3v) is 2.22. The van der Waals surface area contributed by atoms with Crippen LogP contribution in [0.15, 0.2) is 12.1 Å². The zero-order valence-corrected chi connectivity index (χ0v) is 9.01. The SMILES string of the molecule is C#CCc1ccc2[nH]c(N)nc2c1OC(F)(F)F. The van der Waals surface area contributed by atoms with Crippen molar-refractivity contribution in [2.24, 2.45) is 0 Å². The molecule has 0 atom stereocenters. The molecule has 0 saturated carbocycles. The van der Waals surface area contributed by atoms with Crippen LogP contribution < -0.4 is 10.5 Å². The molecule has 0 aliphatic carbocycles. The largest absolute Gasteiger partial charge is 0.573 e. The van der Waals surface area contributed by atoms with E-state index < -0.39 is 12.1 Å². The lowest BCUT2D eigenvalue weighted by Crippen LogP contribution is -2.18. The molecular weight excluding hydrogens is 247 g/mol. The number of halogens is 3. The first-order valence-corrected chi connectivity index (χ1v) is 4.87. The minimum Gasteiger partial charge on any atom is -0.403 e. The number of rotatable bonds is 2. The van der Waals surface area contributed by atoms with E-state index in [1.807, 2.05) is 0 Å². The Labute approximate surface area is 100.0 Å². The van der Waals surface area contributed by atoms with Gasteiger partial charge in [0.15, 0.2) is 11.7 Å². The van der Waals surface area contributed by atoms with Crippen molar-refractivity contribution in [3.8, 4) is 18.1 Å². The molecule has 7 heteroatoms. The Morgan fingerprint density at radius 2 is 2.17 bits per heavy atom. The highest BCUT2D eigenvalue weighted by Gasteiger charge is 2.33. The second-order valence-corrected chi connectivity index (χ2v) is 3.50. The summed E-state index contributed by atoms with van der Waals surface area (Å²) in [6.45, 7) is 0. The van der Waals surface area contributed by atoms with Gasteiger partial charge in [-0.25, -0.2) is 4.98 Å². The molecule has 1 aromatic carbocycles. The Hall–Kier alpha value is -2.36. The number of hydrogen-bond acceptors (Lipinski definition) is 3. The highest BCUT2D eigenvalue weighted by molar-refractivity contribution is 5.85. The van der Waals surface area contributed by atoms with Gasteiger partial charge in [-0.2, -0.15) is 0 Å². The van der Waals surface area contributed by atoms with E-state index in [1.54, 1.807) is 6.07 Å². The molecule has 0 saturated heterocycles. The number of nitrogens with zero attached hydrogens (tertiary/aromatic N) is 1. The highest BCUT2D eigenvalue weighted by atomic mass is 19.4. The van der Waals surface area contributed by atoms with Gasteiger partial charge >= 0.3 is 6.36 Å². The zero-order valence-electron chi connectivity index (χ0n) is 9.01. The van der Waals surface area contributed by atoms with Crippen LogP contribution in [0.2, 0.25) is 0 Å². The van der Waals surface area contributed by atoms with Gasteiger partial charge in [0.25, 0.3) is 0 Å². The molecule has 3 N–H and O–H groups in total. The number of alkyl halides is 3. The van der Waals surface area contributed by atoms with Gasteiger partial charge in [-0.15, -0.1) is 25.5 Å². The monoisotopic (exact) mass is 255 g/mol. The summed E-state index contributed by atoms with van der Waals surface area (Å²) in [5, 5.41) is 0. The number of aromatic nitrogens is 2. The van der Waals surface area contributed by atoms with Gasteiger partial charge in [-0.05, 0) is 6.07 Å². The zero-order chi connectivity index (χ0) is 13.3. The first-order chi connectivity index (χ1) is 8.40. The molecule has 2 rings (SSSR count). The lowest BCUT2D eigenvalue weighted by molar-refractivity contribution is -0.274. The number of hydrogen-bond donors (Lipinski definition) is 2. The summed E-state index contributed by atoms with van der Waals surface area (Å²) in [6.07, 6.45) is 0.297. The topological polar surface area (TPSA) is 63.9 Å². The molecule has 0 radical (unpaired) electrons. The van der Waals surface area contributed by atoms with Crippen LogP contribution in [0.1, 0.15) is 5.56 Å². The summed E-state index contributed by atoms with van der Waals surface area (Å²) < 4.78 is 41.0. The molecular formula is C11H8F3N3O. The summed E-state index contributed by atoms with van der Waals surface area (Å²) in [7, 11) is 0. The number of anilines is 1. The maximum atomic E-state index is 12.4. The molecule has 0 unspecified atom stereocenters. The third-order valence-electron chi connectivity index (χ3n) is 2.22. The summed E-state index contributed by atoms with van der Waals surface area (Å²) in [6, 6.07) is 3.00. The fraction of sp³-hybridized carbons (Fsp3) is 0.182. The number of nitrogen functional groups attached to an aromatic ring is 1. The molecule has 94 valence electrons. The molecule has 0 bridgehead atoms. The van der Waals surface area contributed by atoms with Crippen molar-refractivity contribution in [3.05, 3.63) is 17.7 Å². The highest BCUT2D eigenvalue weighted by Crippen LogP contribution is 2.33. The number of ether oxygens (including phenoxy) is 1. The number of benzene rings is 1. The average molecular weight is 255 g/mol. The van der Waals surface area contributed by atoms with Crippen molar-refractivity contribution in [1.82, 2.24) is 9.97 Å². The third kappa shape index (κ3) is 2.32. The van der Waals surface area contributed by atoms with Crippen LogP contribution in [0.4, 0.5) is 19.1 Å². The van der Waals surface area contributed by atoms with E-state index >= 15 is 0 Å². The summed E-state index contributed by atoms with van der Waals surface area (Å²) >= 11 is 0. The van der Waals surface area contributed by atoms with Crippen molar-refractivity contribution in [1.29, 1.82) is 0 Å². The number of H-pyrrole nitrogens is 1. The molecule has 2 aromatic rings. The average Bonchev–Trinajstić information content (AvgIpc) is 2.61. The molecule has 0 aliphatic heterocycles. The van der Waals surface area contributed by atoms with Crippen LogP contribution >= 0.6 is 0 Å². The molecule has 0 aliphatic rings. The van der Waals surface area contributed by atoms with Crippen LogP contribution in [0.5, 0.6) is 5.75 Å². The maximum Gasteiger partial charge on any atom is 0.573 e. The quantitative estimate of drug-likeness (QED) is 0.809. The number of fused-ring (bicyclic) bond motifs is 1. The second kappa shape index (κ2) is 4.14. The summed E-state index contributed by atoms with van der Waals surface area (Å²) in [4.78, 5) is 6.39. The maximum absolute atomic E-state index is 12.4. The van der Waals surface area contributed by atoms with Crippen LogP contribution in [0.3, 0.4) is 0 Å². The van der Waals surface area contributed by atoms with E-state index in [2.05, 4.69) is 20.6 Å². The Morgan fingerprint density at radius 1 is 1.44 bits per heavy atom. The van der Waals surface area contributed by atoms with E-state index in [0.29, 0.717) is 5.52 Å². The van der Waals surface area contributed by atoms with Crippen molar-refractivity contribution in [2.75, 3.05) is 5.73 Å². The van der Waals surface area contributed by atoms with Gasteiger partial charge in [-0.3, -0.25) is 0 Å². The predicted octanol–water partition coefficient (Wildman–Crippen LogP) is 2.22. The molecule has 1 heterocycles. The number of nitrogens with one attached hydrogen (secondary N) is 1. The lowest BCUT2D eigenvalue weighted by atomic mass is 10.1. The molecule has 0 spiro atoms. The second-order valence-electron chi connectivity index (χ2n) is 3.50. The van der Waals surface area contributed by atoms with E-state index in [4.69, 9.17) is 12.2 Å². The van der Waals surface area contributed by atoms with Crippen molar-refractivity contribution in [3.63, 3.8) is 0 Å². The van der Waals surface area contributed by atoms with E-state index in [0.717, 1.165) is 0 Å². The first kappa shape index (κ1) is 12.1. The Kier molecular flexibility index (Phi) is 2.79. The summed E-state index contributed by atoms with van der Waals surface area (Å²) in [5.74, 6) is 1.86. The van der Waals surface area contributed by atoms with Crippen molar-refractivity contribution < 1.29 is 17.9 Å². The van der Waals surface area contributed by atoms with Crippen LogP contribution in [0.25, 0.3) is 11.0 Å². The van der Waals surface area contributed by atoms with Gasteiger partial charge in [0.2, 0.25) is 0 Å². The number of nitrogens with two attached hydrogens (primary N) is 1. The Bertz CT molecular complexity index is 625. The van der Waals surface area contributed by atoms with E-state index in [1.165, 1.54) is 6.07 Å². The Morgan fingerprint density at radius 3 is 2.78 bits per heavy atom. The number of terminal acetylenes is 1. The minimum atomic E-state index is -4.81. The molecule has 4 nitrogen and oxygen atoms in total. The Balaban J connectivity index is 2.62. The molecule has 0 amide bonds. The van der Waals surface area contributed by atoms with Crippen LogP contribution in [-0.4, -0.2) is 16.3 Å². The first-order valence-electron chi connectivity index (χ1n) is 4.87. The fourth-order valence-electron chi connectivity index (χ4n) is 1.59. The van der Waals surface area contributed by atoms with E-state index in [-0.39, 0.29) is 23.4 Å². The predicted molar refractivity (Wildman–Crippen MR) is 59.7 cm³/mol. The molecule has 18 heavy (non-hydrogen) atoms. The minimum absolute atomic E-state index is 0.00805. The summed E-state index contributed by atoms with van der Waals surface area (Å²) in [5.41, 5.74) is 6.00. The number of imidazole rings is 1. The molecule has 1 aromatic heterocycles. The van der Waals surface area contributed by atoms with Gasteiger partial charge in [0.1, 0.15) is 5.52 Å². The van der Waals surface area contributed by atoms with Crippen LogP contribution in [0, 0.1) is 12.3 Å². The van der Waals surface area contributed by atoms with Gasteiger partial charge < -0.3 is 15.5 Å². The standard InChI is InChI=1S/C11H8F3N3O/c1-2-3-6-4-5-7-8(17-10(15)16-7)9(6)18-11(12,13)14/h1,4-5H,3H2,(H3,15,16,17). The molecule has 0 fully saturated rings. The van der Waals surface area contributed by atoms with Crippen LogP contribution in [-0.2, 0) is 6.42 Å². The smallest absolute Gasteiger partial charge is 0.403 e. The van der Waals surface area contributed by atoms with E-state index in [9.17, 15) is 13.2 Å². The normalized spacial score (nSPS) is 11.4. The fourth-order valence-corrected chi connectivity index (χ4v) is 1.59. The van der Waals surface area contributed by atoms with Gasteiger partial charge in [-0.1, -0.05) is 6.07 Å². The van der Waals surface area contributed by atoms with Gasteiger partial charge in [0.05, 0.1) is 5.52 Å². The van der Waals surface area contributed by atoms with Crippen molar-refractivity contribution in [2.45, 2.75) is 12.8 Å². The lowest BCUT2D eigenvalue weighted by Gasteiger charge is -2.12. The van der Waals surface area contributed by atoms with Gasteiger partial charge in [0, 0.05) is 12.0 Å². The van der Waals surface area contributed by atoms with Crippen molar-refractivity contribution >= 4 is 17.0 Å². The number of aromatic amines is 1.